The number of non-ortho nitro benzene ring substituents is 1. The van der Waals surface area contributed by atoms with Crippen molar-refractivity contribution in [1.29, 1.82) is 5.26 Å². The third-order valence-corrected chi connectivity index (χ3v) is 5.34. The minimum atomic E-state index is -0.511. The van der Waals surface area contributed by atoms with Crippen LogP contribution in [-0.4, -0.2) is 37.0 Å². The Balaban J connectivity index is 1.45. The molecule has 0 amide bonds. The number of hydrogen-bond donors (Lipinski definition) is 0. The van der Waals surface area contributed by atoms with Gasteiger partial charge in [0.2, 0.25) is 0 Å². The summed E-state index contributed by atoms with van der Waals surface area (Å²) in [6, 6.07) is 11.6. The minimum Gasteiger partial charge on any atom is -0.486 e. The quantitative estimate of drug-likeness (QED) is 0.445. The average Bonchev–Trinajstić information content (AvgIpc) is 2.78. The smallest absolute Gasteiger partial charge is 0.270 e. The summed E-state index contributed by atoms with van der Waals surface area (Å²) in [5.41, 5.74) is 1.45. The molecule has 0 aliphatic carbocycles. The third-order valence-electron chi connectivity index (χ3n) is 5.34. The lowest BCUT2D eigenvalue weighted by Gasteiger charge is -2.33. The number of fused-ring (bicyclic) bond motifs is 1. The fourth-order valence-corrected chi connectivity index (χ4v) is 3.82. The van der Waals surface area contributed by atoms with Crippen LogP contribution in [0.3, 0.4) is 0 Å². The monoisotopic (exact) mass is 393 g/mol. The summed E-state index contributed by atoms with van der Waals surface area (Å²) in [4.78, 5) is 25.4. The number of nitro benzene ring substituents is 1. The van der Waals surface area contributed by atoms with Crippen LogP contribution in [-0.2, 0) is 0 Å². The van der Waals surface area contributed by atoms with Crippen molar-refractivity contribution in [3.63, 3.8) is 0 Å². The number of hydrogen-bond acceptors (Lipinski definition) is 7. The molecular weight excluding hydrogens is 374 g/mol. The maximum absolute atomic E-state index is 12.9. The fraction of sp³-hybridized carbons (Fsp3) is 0.333. The maximum atomic E-state index is 12.9. The zero-order valence-corrected chi connectivity index (χ0v) is 15.7. The van der Waals surface area contributed by atoms with Gasteiger partial charge in [0, 0.05) is 36.7 Å². The molecule has 8 nitrogen and oxygen atoms in total. The molecule has 148 valence electrons. The van der Waals surface area contributed by atoms with Gasteiger partial charge in [-0.1, -0.05) is 0 Å². The lowest BCUT2D eigenvalue weighted by Crippen LogP contribution is -2.36. The zero-order chi connectivity index (χ0) is 20.4. The van der Waals surface area contributed by atoms with Gasteiger partial charge in [0.1, 0.15) is 19.3 Å². The van der Waals surface area contributed by atoms with Crippen LogP contribution in [0.1, 0.15) is 28.8 Å². The fourth-order valence-electron chi connectivity index (χ4n) is 3.82. The summed E-state index contributed by atoms with van der Waals surface area (Å²) in [5, 5.41) is 20.3. The minimum absolute atomic E-state index is 0.0748. The van der Waals surface area contributed by atoms with Crippen molar-refractivity contribution in [2.75, 3.05) is 31.2 Å². The molecule has 0 saturated carbocycles. The van der Waals surface area contributed by atoms with Crippen LogP contribution in [0, 0.1) is 27.4 Å². The predicted molar refractivity (Wildman–Crippen MR) is 105 cm³/mol. The number of nitriles is 1. The summed E-state index contributed by atoms with van der Waals surface area (Å²) in [5.74, 6) is 1.22. The summed E-state index contributed by atoms with van der Waals surface area (Å²) in [6.45, 7) is 2.19. The first-order chi connectivity index (χ1) is 14.1. The topological polar surface area (TPSA) is 106 Å². The second-order valence-electron chi connectivity index (χ2n) is 7.05. The van der Waals surface area contributed by atoms with Gasteiger partial charge in [-0.2, -0.15) is 5.26 Å². The van der Waals surface area contributed by atoms with Crippen molar-refractivity contribution < 1.29 is 19.2 Å². The molecule has 0 unspecified atom stereocenters. The molecule has 1 saturated heterocycles. The van der Waals surface area contributed by atoms with Crippen molar-refractivity contribution in [3.8, 4) is 17.6 Å². The first-order valence-electron chi connectivity index (χ1n) is 9.44. The molecule has 2 aliphatic heterocycles. The van der Waals surface area contributed by atoms with Gasteiger partial charge in [0.25, 0.3) is 5.69 Å². The van der Waals surface area contributed by atoms with Gasteiger partial charge in [0.15, 0.2) is 17.3 Å². The summed E-state index contributed by atoms with van der Waals surface area (Å²) >= 11 is 0. The van der Waals surface area contributed by atoms with E-state index in [1.165, 1.54) is 12.1 Å². The molecule has 0 radical (unpaired) electrons. The zero-order valence-electron chi connectivity index (χ0n) is 15.7. The number of Topliss-reactive ketones (excluding diaryl/α,β-unsaturated/α-hetero) is 1. The van der Waals surface area contributed by atoms with E-state index < -0.39 is 4.92 Å². The Morgan fingerprint density at radius 1 is 1.10 bits per heavy atom. The number of piperidine rings is 1. The number of nitrogens with zero attached hydrogens (tertiary/aromatic N) is 3. The van der Waals surface area contributed by atoms with E-state index >= 15 is 0 Å². The summed E-state index contributed by atoms with van der Waals surface area (Å²) in [7, 11) is 0. The molecule has 4 rings (SSSR count). The van der Waals surface area contributed by atoms with Crippen LogP contribution >= 0.6 is 0 Å². The van der Waals surface area contributed by atoms with E-state index in [0.717, 1.165) is 0 Å². The van der Waals surface area contributed by atoms with Crippen molar-refractivity contribution in [2.24, 2.45) is 5.92 Å². The average molecular weight is 393 g/mol. The van der Waals surface area contributed by atoms with Crippen LogP contribution in [0.25, 0.3) is 0 Å². The molecule has 0 N–H and O–H groups in total. The van der Waals surface area contributed by atoms with Gasteiger partial charge >= 0.3 is 0 Å². The predicted octanol–water partition coefficient (Wildman–Crippen LogP) is 3.34. The molecule has 0 bridgehead atoms. The molecule has 29 heavy (non-hydrogen) atoms. The van der Waals surface area contributed by atoms with E-state index in [4.69, 9.17) is 9.47 Å². The molecule has 0 spiro atoms. The van der Waals surface area contributed by atoms with Crippen LogP contribution in [0.15, 0.2) is 36.4 Å². The third kappa shape index (κ3) is 3.72. The van der Waals surface area contributed by atoms with Gasteiger partial charge in [-0.3, -0.25) is 14.9 Å². The Morgan fingerprint density at radius 2 is 1.83 bits per heavy atom. The molecule has 2 heterocycles. The van der Waals surface area contributed by atoms with Gasteiger partial charge in [-0.05, 0) is 37.1 Å². The summed E-state index contributed by atoms with van der Waals surface area (Å²) in [6.07, 6.45) is 1.30. The number of anilines is 1. The highest BCUT2D eigenvalue weighted by molar-refractivity contribution is 5.98. The van der Waals surface area contributed by atoms with E-state index in [-0.39, 0.29) is 23.0 Å². The molecule has 8 heteroatoms. The lowest BCUT2D eigenvalue weighted by molar-refractivity contribution is -0.384. The Hall–Kier alpha value is -3.60. The lowest BCUT2D eigenvalue weighted by atomic mass is 9.88. The van der Waals surface area contributed by atoms with E-state index in [1.807, 2.05) is 11.0 Å². The molecule has 0 atom stereocenters. The SMILES string of the molecule is N#Cc1cc([N+](=O)[O-])ccc1N1CCC(C(=O)c2ccc3c(c2)OCCO3)CC1. The molecule has 1 fully saturated rings. The number of carbonyl (C=O) groups is 1. The largest absolute Gasteiger partial charge is 0.486 e. The highest BCUT2D eigenvalue weighted by Crippen LogP contribution is 2.34. The van der Waals surface area contributed by atoms with Gasteiger partial charge < -0.3 is 14.4 Å². The number of benzene rings is 2. The summed E-state index contributed by atoms with van der Waals surface area (Å²) < 4.78 is 11.1. The van der Waals surface area contributed by atoms with Gasteiger partial charge in [0.05, 0.1) is 16.2 Å². The first kappa shape index (κ1) is 18.7. The molecule has 0 aromatic heterocycles. The van der Waals surface area contributed by atoms with Crippen LogP contribution in [0.4, 0.5) is 11.4 Å². The molecule has 2 aromatic rings. The van der Waals surface area contributed by atoms with E-state index in [9.17, 15) is 20.2 Å². The standard InChI is InChI=1S/C21H19N3O5/c22-13-16-11-17(24(26)27)2-3-18(16)23-7-5-14(6-8-23)21(25)15-1-4-19-20(12-15)29-10-9-28-19/h1-4,11-12,14H,5-10H2. The Morgan fingerprint density at radius 3 is 2.52 bits per heavy atom. The van der Waals surface area contributed by atoms with Crippen molar-refractivity contribution in [3.05, 3.63) is 57.6 Å². The van der Waals surface area contributed by atoms with E-state index in [0.29, 0.717) is 61.9 Å². The Bertz CT molecular complexity index is 1010. The number of ether oxygens (including phenoxy) is 2. The van der Waals surface area contributed by atoms with E-state index in [1.54, 1.807) is 24.3 Å². The van der Waals surface area contributed by atoms with Crippen molar-refractivity contribution in [2.45, 2.75) is 12.8 Å². The number of carbonyl (C=O) groups excluding carboxylic acids is 1. The van der Waals surface area contributed by atoms with Gasteiger partial charge in [-0.15, -0.1) is 0 Å². The highest BCUT2D eigenvalue weighted by Gasteiger charge is 2.28. The van der Waals surface area contributed by atoms with Crippen molar-refractivity contribution in [1.82, 2.24) is 0 Å². The molecular formula is C21H19N3O5. The van der Waals surface area contributed by atoms with Gasteiger partial charge in [-0.25, -0.2) is 0 Å². The Labute approximate surface area is 167 Å². The number of nitro groups is 1. The van der Waals surface area contributed by atoms with Crippen molar-refractivity contribution >= 4 is 17.2 Å². The second-order valence-corrected chi connectivity index (χ2v) is 7.05. The normalized spacial score (nSPS) is 16.2. The number of ketones is 1. The Kier molecular flexibility index (Phi) is 5.04. The first-order valence-corrected chi connectivity index (χ1v) is 9.44. The number of rotatable bonds is 4. The van der Waals surface area contributed by atoms with Crippen LogP contribution in [0.5, 0.6) is 11.5 Å². The highest BCUT2D eigenvalue weighted by atomic mass is 16.6. The van der Waals surface area contributed by atoms with Crippen LogP contribution < -0.4 is 14.4 Å². The molecule has 2 aliphatic rings. The van der Waals surface area contributed by atoms with E-state index in [2.05, 4.69) is 0 Å². The maximum Gasteiger partial charge on any atom is 0.270 e. The second kappa shape index (κ2) is 7.80. The molecule has 2 aromatic carbocycles. The van der Waals surface area contributed by atoms with Crippen LogP contribution in [0.2, 0.25) is 0 Å².